The first-order valence-corrected chi connectivity index (χ1v) is 5.67. The summed E-state index contributed by atoms with van der Waals surface area (Å²) in [6, 6.07) is 6.33. The second kappa shape index (κ2) is 3.47. The van der Waals surface area contributed by atoms with Crippen molar-refractivity contribution in [1.29, 1.82) is 0 Å². The van der Waals surface area contributed by atoms with Gasteiger partial charge in [0.25, 0.3) is 0 Å². The molecule has 3 rings (SSSR count). The van der Waals surface area contributed by atoms with E-state index in [2.05, 4.69) is 25.1 Å². The molecule has 0 aromatic heterocycles. The molecule has 16 heavy (non-hydrogen) atoms. The number of methoxy groups -OCH3 is 1. The first-order chi connectivity index (χ1) is 7.76. The fourth-order valence-electron chi connectivity index (χ4n) is 2.50. The van der Waals surface area contributed by atoms with Crippen LogP contribution in [-0.4, -0.2) is 26.4 Å². The number of aryl methyl sites for hydroxylation is 1. The Morgan fingerprint density at radius 2 is 2.31 bits per heavy atom. The number of benzene rings is 1. The van der Waals surface area contributed by atoms with Crippen molar-refractivity contribution in [2.24, 2.45) is 0 Å². The van der Waals surface area contributed by atoms with Crippen LogP contribution in [0, 0.1) is 6.92 Å². The summed E-state index contributed by atoms with van der Waals surface area (Å²) < 4.78 is 16.6. The number of epoxide rings is 1. The Kier molecular flexibility index (Phi) is 2.19. The molecule has 3 heteroatoms. The predicted octanol–water partition coefficient (Wildman–Crippen LogP) is 2.02. The maximum atomic E-state index is 5.81. The van der Waals surface area contributed by atoms with Gasteiger partial charge in [-0.15, -0.1) is 0 Å². The summed E-state index contributed by atoms with van der Waals surface area (Å²) in [5.74, 6) is 0.938. The lowest BCUT2D eigenvalue weighted by Gasteiger charge is -2.19. The number of rotatable bonds is 2. The Bertz CT molecular complexity index is 416. The minimum Gasteiger partial charge on any atom is -0.496 e. The molecule has 0 radical (unpaired) electrons. The number of fused-ring (bicyclic) bond motifs is 1. The summed E-state index contributed by atoms with van der Waals surface area (Å²) >= 11 is 0. The van der Waals surface area contributed by atoms with Crippen LogP contribution in [0.1, 0.15) is 17.5 Å². The minimum absolute atomic E-state index is 0.0841. The Morgan fingerprint density at radius 1 is 1.44 bits per heavy atom. The minimum atomic E-state index is -0.0841. The highest BCUT2D eigenvalue weighted by molar-refractivity contribution is 5.41. The van der Waals surface area contributed by atoms with E-state index in [4.69, 9.17) is 14.2 Å². The van der Waals surface area contributed by atoms with E-state index in [0.29, 0.717) is 0 Å². The van der Waals surface area contributed by atoms with Gasteiger partial charge in [-0.1, -0.05) is 12.1 Å². The molecular weight excluding hydrogens is 204 g/mol. The van der Waals surface area contributed by atoms with Crippen molar-refractivity contribution >= 4 is 0 Å². The Balaban J connectivity index is 1.95. The van der Waals surface area contributed by atoms with Gasteiger partial charge in [-0.25, -0.2) is 0 Å². The molecule has 0 aliphatic carbocycles. The Hall–Kier alpha value is -1.06. The fraction of sp³-hybridized carbons (Fsp3) is 0.538. The third-order valence-corrected chi connectivity index (χ3v) is 3.60. The second-order valence-corrected chi connectivity index (χ2v) is 4.51. The van der Waals surface area contributed by atoms with Gasteiger partial charge in [-0.3, -0.25) is 0 Å². The zero-order valence-corrected chi connectivity index (χ0v) is 9.66. The van der Waals surface area contributed by atoms with Gasteiger partial charge in [0.1, 0.15) is 17.5 Å². The second-order valence-electron chi connectivity index (χ2n) is 4.51. The van der Waals surface area contributed by atoms with E-state index in [0.717, 1.165) is 30.9 Å². The summed E-state index contributed by atoms with van der Waals surface area (Å²) in [6.07, 6.45) is 1.19. The average molecular weight is 220 g/mol. The summed E-state index contributed by atoms with van der Waals surface area (Å²) in [5.41, 5.74) is 2.30. The van der Waals surface area contributed by atoms with Crippen molar-refractivity contribution in [1.82, 2.24) is 0 Å². The maximum Gasteiger partial charge on any atom is 0.124 e. The van der Waals surface area contributed by atoms with Gasteiger partial charge >= 0.3 is 0 Å². The van der Waals surface area contributed by atoms with Crippen LogP contribution in [0.3, 0.4) is 0 Å². The SMILES string of the molecule is COc1cc(C23CCOCC2O3)ccc1C. The molecule has 2 heterocycles. The van der Waals surface area contributed by atoms with Crippen molar-refractivity contribution in [3.05, 3.63) is 29.3 Å². The lowest BCUT2D eigenvalue weighted by atomic mass is 9.90. The third kappa shape index (κ3) is 1.35. The molecule has 1 aromatic rings. The van der Waals surface area contributed by atoms with Crippen LogP contribution in [0.25, 0.3) is 0 Å². The average Bonchev–Trinajstić information content (AvgIpc) is 3.05. The van der Waals surface area contributed by atoms with Crippen molar-refractivity contribution in [3.8, 4) is 5.75 Å². The number of hydrogen-bond acceptors (Lipinski definition) is 3. The quantitative estimate of drug-likeness (QED) is 0.714. The van der Waals surface area contributed by atoms with Crippen LogP contribution in [0.4, 0.5) is 0 Å². The molecule has 0 amide bonds. The van der Waals surface area contributed by atoms with Crippen molar-refractivity contribution < 1.29 is 14.2 Å². The summed E-state index contributed by atoms with van der Waals surface area (Å²) in [7, 11) is 1.71. The molecule has 0 bridgehead atoms. The molecule has 2 fully saturated rings. The topological polar surface area (TPSA) is 31.0 Å². The molecule has 2 saturated heterocycles. The molecule has 0 N–H and O–H groups in total. The summed E-state index contributed by atoms with van der Waals surface area (Å²) in [5, 5.41) is 0. The Morgan fingerprint density at radius 3 is 3.06 bits per heavy atom. The molecule has 2 aliphatic heterocycles. The molecule has 86 valence electrons. The fourth-order valence-corrected chi connectivity index (χ4v) is 2.50. The van der Waals surface area contributed by atoms with Gasteiger partial charge in [0, 0.05) is 13.0 Å². The van der Waals surface area contributed by atoms with E-state index in [1.807, 2.05) is 0 Å². The standard InChI is InChI=1S/C13H16O3/c1-9-3-4-10(7-11(9)14-2)13-5-6-15-8-12(13)16-13/h3-4,7,12H,5-6,8H2,1-2H3. The van der Waals surface area contributed by atoms with Gasteiger partial charge < -0.3 is 14.2 Å². The largest absolute Gasteiger partial charge is 0.496 e. The molecule has 1 aromatic carbocycles. The van der Waals surface area contributed by atoms with Crippen molar-refractivity contribution in [2.45, 2.75) is 25.0 Å². The van der Waals surface area contributed by atoms with Crippen molar-refractivity contribution in [2.75, 3.05) is 20.3 Å². The maximum absolute atomic E-state index is 5.81. The van der Waals surface area contributed by atoms with Gasteiger partial charge in [0.2, 0.25) is 0 Å². The van der Waals surface area contributed by atoms with E-state index in [9.17, 15) is 0 Å². The summed E-state index contributed by atoms with van der Waals surface area (Å²) in [4.78, 5) is 0. The first kappa shape index (κ1) is 10.1. The molecule has 0 saturated carbocycles. The smallest absolute Gasteiger partial charge is 0.124 e. The van der Waals surface area contributed by atoms with Crippen LogP contribution in [0.5, 0.6) is 5.75 Å². The van der Waals surface area contributed by atoms with Gasteiger partial charge in [0.15, 0.2) is 0 Å². The normalized spacial score (nSPS) is 32.0. The summed E-state index contributed by atoms with van der Waals surface area (Å²) in [6.45, 7) is 3.55. The molecule has 0 spiro atoms. The first-order valence-electron chi connectivity index (χ1n) is 5.67. The predicted molar refractivity (Wildman–Crippen MR) is 59.7 cm³/mol. The van der Waals surface area contributed by atoms with Crippen LogP contribution in [0.2, 0.25) is 0 Å². The van der Waals surface area contributed by atoms with Gasteiger partial charge in [0.05, 0.1) is 13.7 Å². The Labute approximate surface area is 95.3 Å². The van der Waals surface area contributed by atoms with Crippen molar-refractivity contribution in [3.63, 3.8) is 0 Å². The van der Waals surface area contributed by atoms with Gasteiger partial charge in [-0.05, 0) is 24.1 Å². The monoisotopic (exact) mass is 220 g/mol. The van der Waals surface area contributed by atoms with E-state index in [1.54, 1.807) is 7.11 Å². The van der Waals surface area contributed by atoms with Crippen LogP contribution >= 0.6 is 0 Å². The highest BCUT2D eigenvalue weighted by Crippen LogP contribution is 2.52. The van der Waals surface area contributed by atoms with Crippen LogP contribution in [-0.2, 0) is 15.1 Å². The van der Waals surface area contributed by atoms with E-state index >= 15 is 0 Å². The lowest BCUT2D eigenvalue weighted by Crippen LogP contribution is -2.24. The highest BCUT2D eigenvalue weighted by atomic mass is 16.6. The lowest BCUT2D eigenvalue weighted by molar-refractivity contribution is 0.0974. The molecular formula is C13H16O3. The van der Waals surface area contributed by atoms with Crippen LogP contribution < -0.4 is 4.74 Å². The van der Waals surface area contributed by atoms with E-state index < -0.39 is 0 Å². The molecule has 2 atom stereocenters. The van der Waals surface area contributed by atoms with E-state index in [1.165, 1.54) is 5.56 Å². The molecule has 2 aliphatic rings. The zero-order chi connectivity index (χ0) is 11.2. The number of ether oxygens (including phenoxy) is 3. The highest BCUT2D eigenvalue weighted by Gasteiger charge is 2.59. The number of hydrogen-bond donors (Lipinski definition) is 0. The van der Waals surface area contributed by atoms with Gasteiger partial charge in [-0.2, -0.15) is 0 Å². The third-order valence-electron chi connectivity index (χ3n) is 3.60. The molecule has 3 nitrogen and oxygen atoms in total. The van der Waals surface area contributed by atoms with Crippen LogP contribution in [0.15, 0.2) is 18.2 Å². The molecule has 2 unspecified atom stereocenters. The van der Waals surface area contributed by atoms with E-state index in [-0.39, 0.29) is 11.7 Å². The zero-order valence-electron chi connectivity index (χ0n) is 9.66.